The van der Waals surface area contributed by atoms with Crippen LogP contribution in [0.2, 0.25) is 0 Å². The van der Waals surface area contributed by atoms with Gasteiger partial charge in [0, 0.05) is 24.8 Å². The Balaban J connectivity index is 2.17. The van der Waals surface area contributed by atoms with Gasteiger partial charge in [-0.25, -0.2) is 0 Å². The third kappa shape index (κ3) is 4.84. The Morgan fingerprint density at radius 1 is 1.28 bits per heavy atom. The highest BCUT2D eigenvalue weighted by Crippen LogP contribution is 2.43. The van der Waals surface area contributed by atoms with Crippen molar-refractivity contribution in [3.63, 3.8) is 0 Å². The first-order valence-corrected chi connectivity index (χ1v) is 11.6. The number of nitriles is 1. The Labute approximate surface area is 186 Å². The molecule has 3 atom stereocenters. The number of esters is 1. The predicted octanol–water partition coefficient (Wildman–Crippen LogP) is 2.45. The van der Waals surface area contributed by atoms with Crippen LogP contribution in [0.4, 0.5) is 0 Å². The zero-order chi connectivity index (χ0) is 23.8. The van der Waals surface area contributed by atoms with Gasteiger partial charge in [0.2, 0.25) is 0 Å². The van der Waals surface area contributed by atoms with Gasteiger partial charge in [0.05, 0.1) is 24.0 Å². The highest BCUT2D eigenvalue weighted by molar-refractivity contribution is 7.86. The fourth-order valence-electron chi connectivity index (χ4n) is 3.81. The number of hydrogen-bond acceptors (Lipinski definition) is 8. The fraction of sp³-hybridized carbons (Fsp3) is 0.409. The van der Waals surface area contributed by atoms with E-state index in [1.807, 2.05) is 0 Å². The monoisotopic (exact) mass is 460 g/mol. The van der Waals surface area contributed by atoms with Gasteiger partial charge < -0.3 is 14.0 Å². The van der Waals surface area contributed by atoms with E-state index >= 15 is 0 Å². The van der Waals surface area contributed by atoms with Crippen LogP contribution in [-0.2, 0) is 23.8 Å². The summed E-state index contributed by atoms with van der Waals surface area (Å²) in [6, 6.07) is 8.98. The van der Waals surface area contributed by atoms with Crippen LogP contribution in [0, 0.1) is 11.3 Å². The molecule has 2 aromatic rings. The molecule has 1 aromatic heterocycles. The van der Waals surface area contributed by atoms with Gasteiger partial charge in [-0.05, 0) is 50.6 Å². The summed E-state index contributed by atoms with van der Waals surface area (Å²) in [7, 11) is -3.71. The van der Waals surface area contributed by atoms with E-state index in [-0.39, 0.29) is 0 Å². The number of carbonyl (C=O) groups excluding carboxylic acids is 1. The quantitative estimate of drug-likeness (QED) is 0.492. The number of rotatable bonds is 5. The molecule has 0 amide bonds. The van der Waals surface area contributed by atoms with Gasteiger partial charge in [-0.2, -0.15) is 13.7 Å². The average molecular weight is 461 g/mol. The van der Waals surface area contributed by atoms with Crippen molar-refractivity contribution in [3.05, 3.63) is 63.6 Å². The maximum Gasteiger partial charge on any atom is 0.303 e. The number of carbonyl (C=O) groups is 1. The summed E-state index contributed by atoms with van der Waals surface area (Å²) in [5, 5.41) is 9.35. The number of aromatic nitrogens is 1. The lowest BCUT2D eigenvalue weighted by molar-refractivity contribution is -0.163. The predicted molar refractivity (Wildman–Crippen MR) is 115 cm³/mol. The molecule has 0 spiro atoms. The molecule has 1 aliphatic heterocycles. The van der Waals surface area contributed by atoms with Crippen LogP contribution in [-0.4, -0.2) is 36.9 Å². The molecular weight excluding hydrogens is 436 g/mol. The van der Waals surface area contributed by atoms with E-state index in [0.29, 0.717) is 22.4 Å². The number of pyridine rings is 1. The number of ether oxygens (including phenoxy) is 2. The molecule has 10 heteroatoms. The molecule has 170 valence electrons. The first kappa shape index (κ1) is 23.5. The Bertz CT molecular complexity index is 1260. The molecule has 0 fully saturated rings. The normalized spacial score (nSPS) is 20.4. The number of fused-ring (bicyclic) bond motifs is 1. The van der Waals surface area contributed by atoms with Crippen LogP contribution in [0.1, 0.15) is 56.5 Å². The molecule has 0 aliphatic carbocycles. The second-order valence-electron chi connectivity index (χ2n) is 8.19. The Morgan fingerprint density at radius 2 is 1.97 bits per heavy atom. The van der Waals surface area contributed by atoms with Gasteiger partial charge >= 0.3 is 5.97 Å². The van der Waals surface area contributed by atoms with Crippen molar-refractivity contribution < 1.29 is 26.9 Å². The van der Waals surface area contributed by atoms with Gasteiger partial charge in [-0.15, -0.1) is 0 Å². The van der Waals surface area contributed by atoms with Crippen LogP contribution in [0.3, 0.4) is 0 Å². The van der Waals surface area contributed by atoms with Gasteiger partial charge in [0.1, 0.15) is 17.4 Å². The van der Waals surface area contributed by atoms with Crippen molar-refractivity contribution in [3.8, 4) is 11.8 Å². The third-order valence-electron chi connectivity index (χ3n) is 5.16. The molecule has 0 saturated heterocycles. The molecule has 0 bridgehead atoms. The summed E-state index contributed by atoms with van der Waals surface area (Å²) >= 11 is 0. The highest BCUT2D eigenvalue weighted by atomic mass is 32.2. The van der Waals surface area contributed by atoms with Crippen molar-refractivity contribution in [1.29, 1.82) is 5.26 Å². The molecule has 9 nitrogen and oxygen atoms in total. The topological polar surface area (TPSA) is 125 Å². The molecule has 32 heavy (non-hydrogen) atoms. The van der Waals surface area contributed by atoms with Crippen LogP contribution in [0.25, 0.3) is 0 Å². The summed E-state index contributed by atoms with van der Waals surface area (Å²) in [5.74, 6) is -0.0800. The van der Waals surface area contributed by atoms with Crippen LogP contribution < -0.4 is 10.3 Å². The number of hydrogen-bond donors (Lipinski definition) is 0. The molecular formula is C22H24N2O7S. The van der Waals surface area contributed by atoms with E-state index in [4.69, 9.17) is 13.7 Å². The average Bonchev–Trinajstić information content (AvgIpc) is 2.67. The standard InChI is InChI=1S/C22H24N2O7S/c1-13(31-32(5,27)28)16-8-9-24(19(26)11-16)20-17-10-15(12-23)6-7-18(17)30-22(3,4)21(20)29-14(2)25/h6-11,13,20-21H,1-5H3/t13?,20-,21+/m0/s1. The lowest BCUT2D eigenvalue weighted by Crippen LogP contribution is -2.54. The molecule has 3 rings (SSSR count). The molecule has 2 heterocycles. The minimum Gasteiger partial charge on any atom is -0.484 e. The smallest absolute Gasteiger partial charge is 0.303 e. The molecule has 0 N–H and O–H groups in total. The summed E-state index contributed by atoms with van der Waals surface area (Å²) in [4.78, 5) is 25.0. The van der Waals surface area contributed by atoms with Crippen molar-refractivity contribution in [2.45, 2.75) is 51.5 Å². The van der Waals surface area contributed by atoms with E-state index in [2.05, 4.69) is 6.07 Å². The van der Waals surface area contributed by atoms with E-state index in [1.54, 1.807) is 38.1 Å². The van der Waals surface area contributed by atoms with Crippen molar-refractivity contribution in [2.24, 2.45) is 0 Å². The van der Waals surface area contributed by atoms with Gasteiger partial charge in [-0.3, -0.25) is 13.8 Å². The highest BCUT2D eigenvalue weighted by Gasteiger charge is 2.47. The lowest BCUT2D eigenvalue weighted by Gasteiger charge is -2.44. The minimum atomic E-state index is -3.71. The number of nitrogens with zero attached hydrogens (tertiary/aromatic N) is 2. The maximum absolute atomic E-state index is 13.1. The second-order valence-corrected chi connectivity index (χ2v) is 9.79. The SMILES string of the molecule is CC(=O)O[C@@H]1[C@@H](n2ccc(C(C)OS(C)(=O)=O)cc2=O)c2cc(C#N)ccc2OC1(C)C. The Hall–Kier alpha value is -3.16. The first-order valence-electron chi connectivity index (χ1n) is 9.83. The second kappa shape index (κ2) is 8.41. The fourth-order valence-corrected chi connectivity index (χ4v) is 4.45. The van der Waals surface area contributed by atoms with Gasteiger partial charge in [0.25, 0.3) is 15.7 Å². The molecule has 0 saturated carbocycles. The van der Waals surface area contributed by atoms with Gasteiger partial charge in [-0.1, -0.05) is 0 Å². The summed E-state index contributed by atoms with van der Waals surface area (Å²) in [6.07, 6.45) is 0.683. The number of benzene rings is 1. The largest absolute Gasteiger partial charge is 0.484 e. The first-order chi connectivity index (χ1) is 14.8. The Kier molecular flexibility index (Phi) is 6.18. The molecule has 1 unspecified atom stereocenters. The zero-order valence-electron chi connectivity index (χ0n) is 18.4. The van der Waals surface area contributed by atoms with E-state index in [9.17, 15) is 23.3 Å². The van der Waals surface area contributed by atoms with Crippen molar-refractivity contribution >= 4 is 16.1 Å². The van der Waals surface area contributed by atoms with Crippen LogP contribution in [0.15, 0.2) is 41.3 Å². The minimum absolute atomic E-state index is 0.360. The summed E-state index contributed by atoms with van der Waals surface area (Å²) in [6.45, 7) is 6.28. The maximum atomic E-state index is 13.1. The third-order valence-corrected chi connectivity index (χ3v) is 5.79. The zero-order valence-corrected chi connectivity index (χ0v) is 19.2. The van der Waals surface area contributed by atoms with Crippen molar-refractivity contribution in [1.82, 2.24) is 4.57 Å². The lowest BCUT2D eigenvalue weighted by atomic mass is 9.85. The van der Waals surface area contributed by atoms with Gasteiger partial charge in [0.15, 0.2) is 6.10 Å². The van der Waals surface area contributed by atoms with Crippen LogP contribution >= 0.6 is 0 Å². The van der Waals surface area contributed by atoms with E-state index in [0.717, 1.165) is 6.26 Å². The summed E-state index contributed by atoms with van der Waals surface area (Å²) < 4.78 is 40.9. The van der Waals surface area contributed by atoms with Crippen molar-refractivity contribution in [2.75, 3.05) is 6.26 Å². The van der Waals surface area contributed by atoms with E-state index < -0.39 is 45.5 Å². The molecule has 1 aromatic carbocycles. The van der Waals surface area contributed by atoms with Crippen LogP contribution in [0.5, 0.6) is 5.75 Å². The Morgan fingerprint density at radius 3 is 2.53 bits per heavy atom. The molecule has 0 radical (unpaired) electrons. The van der Waals surface area contributed by atoms with E-state index in [1.165, 1.54) is 30.7 Å². The summed E-state index contributed by atoms with van der Waals surface area (Å²) in [5.41, 5.74) is -0.191. The molecule has 1 aliphatic rings.